The van der Waals surface area contributed by atoms with Gasteiger partial charge in [0.2, 0.25) is 5.91 Å². The van der Waals surface area contributed by atoms with Crippen LogP contribution in [0.2, 0.25) is 0 Å². The Hall–Kier alpha value is -1.92. The molecule has 7 heteroatoms. The van der Waals surface area contributed by atoms with Gasteiger partial charge in [0, 0.05) is 24.6 Å². The van der Waals surface area contributed by atoms with Crippen LogP contribution in [0.1, 0.15) is 26.3 Å². The summed E-state index contributed by atoms with van der Waals surface area (Å²) in [6.07, 6.45) is -6.16. The number of anilines is 3. The predicted octanol–water partition coefficient (Wildman–Crippen LogP) is 3.06. The molecule has 0 aliphatic carbocycles. The summed E-state index contributed by atoms with van der Waals surface area (Å²) in [5.74, 6) is -0.111. The van der Waals surface area contributed by atoms with Crippen molar-refractivity contribution in [3.05, 3.63) is 17.7 Å². The van der Waals surface area contributed by atoms with Crippen molar-refractivity contribution < 1.29 is 18.0 Å². The predicted molar refractivity (Wildman–Crippen MR) is 74.6 cm³/mol. The third kappa shape index (κ3) is 2.11. The van der Waals surface area contributed by atoms with E-state index in [9.17, 15) is 18.0 Å². The Morgan fingerprint density at radius 1 is 1.29 bits per heavy atom. The van der Waals surface area contributed by atoms with Crippen LogP contribution >= 0.6 is 0 Å². The summed E-state index contributed by atoms with van der Waals surface area (Å²) in [6.45, 7) is 5.95. The Labute approximate surface area is 120 Å². The lowest BCUT2D eigenvalue weighted by Crippen LogP contribution is -2.38. The lowest BCUT2D eigenvalue weighted by molar-refractivity contribution is -0.135. The van der Waals surface area contributed by atoms with Crippen molar-refractivity contribution in [3.63, 3.8) is 0 Å². The minimum atomic E-state index is -4.38. The molecule has 3 rings (SSSR count). The molecule has 1 aromatic carbocycles. The molecule has 114 valence electrons. The Kier molecular flexibility index (Phi) is 2.71. The van der Waals surface area contributed by atoms with Crippen LogP contribution in [-0.2, 0) is 10.2 Å². The number of halogens is 3. The normalized spacial score (nSPS) is 22.4. The fraction of sp³-hybridized carbons (Fsp3) is 0.500. The number of nitrogens with zero attached hydrogens (tertiary/aromatic N) is 1. The van der Waals surface area contributed by atoms with E-state index in [2.05, 4.69) is 10.6 Å². The minimum absolute atomic E-state index is 0.111. The number of hydrogen-bond donors (Lipinski definition) is 2. The quantitative estimate of drug-likeness (QED) is 0.774. The van der Waals surface area contributed by atoms with E-state index in [0.29, 0.717) is 23.6 Å². The van der Waals surface area contributed by atoms with Crippen molar-refractivity contribution in [2.75, 3.05) is 22.1 Å². The number of hydrogen-bond acceptors (Lipinski definition) is 3. The highest BCUT2D eigenvalue weighted by Gasteiger charge is 2.45. The van der Waals surface area contributed by atoms with Gasteiger partial charge in [-0.1, -0.05) is 13.8 Å². The third-order valence-electron chi connectivity index (χ3n) is 4.02. The number of benzene rings is 1. The number of fused-ring (bicyclic) bond motifs is 2. The summed E-state index contributed by atoms with van der Waals surface area (Å²) in [5, 5.41) is 4.86. The topological polar surface area (TPSA) is 44.4 Å². The molecule has 0 aromatic heterocycles. The average molecular weight is 299 g/mol. The lowest BCUT2D eigenvalue weighted by atomic mass is 9.86. The lowest BCUT2D eigenvalue weighted by Gasteiger charge is -2.19. The van der Waals surface area contributed by atoms with E-state index in [1.165, 1.54) is 6.92 Å². The van der Waals surface area contributed by atoms with E-state index in [1.807, 2.05) is 13.8 Å². The number of carbonyl (C=O) groups excluding carboxylic acids is 1. The van der Waals surface area contributed by atoms with Gasteiger partial charge in [0.25, 0.3) is 0 Å². The van der Waals surface area contributed by atoms with Gasteiger partial charge in [0.15, 0.2) is 6.17 Å². The maximum Gasteiger partial charge on any atom is 0.427 e. The van der Waals surface area contributed by atoms with Crippen molar-refractivity contribution in [2.24, 2.45) is 0 Å². The van der Waals surface area contributed by atoms with Gasteiger partial charge in [0.1, 0.15) is 0 Å². The molecule has 21 heavy (non-hydrogen) atoms. The first-order valence-electron chi connectivity index (χ1n) is 6.66. The van der Waals surface area contributed by atoms with Crippen LogP contribution in [0.25, 0.3) is 0 Å². The SMILES string of the molecule is CC(=O)N1CC(C)(C)c2cc3c(cc21)NC(C(F)(F)F)N3. The molecule has 0 radical (unpaired) electrons. The first-order chi connectivity index (χ1) is 9.59. The first kappa shape index (κ1) is 14.0. The highest BCUT2D eigenvalue weighted by molar-refractivity contribution is 5.97. The maximum absolute atomic E-state index is 12.8. The van der Waals surface area contributed by atoms with Gasteiger partial charge in [-0.25, -0.2) is 0 Å². The van der Waals surface area contributed by atoms with Crippen molar-refractivity contribution in [2.45, 2.75) is 38.5 Å². The van der Waals surface area contributed by atoms with E-state index in [0.717, 1.165) is 5.56 Å². The van der Waals surface area contributed by atoms with Crippen LogP contribution < -0.4 is 15.5 Å². The molecule has 0 fully saturated rings. The van der Waals surface area contributed by atoms with Gasteiger partial charge in [-0.15, -0.1) is 0 Å². The monoisotopic (exact) mass is 299 g/mol. The Morgan fingerprint density at radius 3 is 2.38 bits per heavy atom. The molecule has 0 saturated carbocycles. The zero-order valence-electron chi connectivity index (χ0n) is 11.9. The third-order valence-corrected chi connectivity index (χ3v) is 4.02. The smallest absolute Gasteiger partial charge is 0.356 e. The second-order valence-electron chi connectivity index (χ2n) is 6.17. The molecule has 0 spiro atoms. The van der Waals surface area contributed by atoms with Crippen molar-refractivity contribution >= 4 is 23.0 Å². The van der Waals surface area contributed by atoms with E-state index in [1.54, 1.807) is 17.0 Å². The van der Waals surface area contributed by atoms with E-state index in [-0.39, 0.29) is 11.3 Å². The van der Waals surface area contributed by atoms with Gasteiger partial charge in [-0.2, -0.15) is 13.2 Å². The Morgan fingerprint density at radius 2 is 1.86 bits per heavy atom. The van der Waals surface area contributed by atoms with Crippen molar-refractivity contribution in [3.8, 4) is 0 Å². The zero-order chi connectivity index (χ0) is 15.6. The van der Waals surface area contributed by atoms with Crippen molar-refractivity contribution in [1.29, 1.82) is 0 Å². The first-order valence-corrected chi connectivity index (χ1v) is 6.66. The average Bonchev–Trinajstić information content (AvgIpc) is 2.86. The van der Waals surface area contributed by atoms with Crippen LogP contribution in [0.15, 0.2) is 12.1 Å². The van der Waals surface area contributed by atoms with E-state index >= 15 is 0 Å². The number of amides is 1. The van der Waals surface area contributed by atoms with Crippen LogP contribution in [-0.4, -0.2) is 24.8 Å². The second kappa shape index (κ2) is 4.05. The molecule has 1 atom stereocenters. The molecule has 4 nitrogen and oxygen atoms in total. The van der Waals surface area contributed by atoms with Gasteiger partial charge >= 0.3 is 6.18 Å². The Bertz CT molecular complexity index is 625. The molecule has 1 amide bonds. The number of rotatable bonds is 0. The maximum atomic E-state index is 12.8. The molecule has 0 bridgehead atoms. The number of carbonyl (C=O) groups is 1. The summed E-state index contributed by atoms with van der Waals surface area (Å²) >= 11 is 0. The summed E-state index contributed by atoms with van der Waals surface area (Å²) < 4.78 is 38.4. The largest absolute Gasteiger partial charge is 0.427 e. The molecule has 2 N–H and O–H groups in total. The van der Waals surface area contributed by atoms with Crippen LogP contribution in [0.5, 0.6) is 0 Å². The zero-order valence-corrected chi connectivity index (χ0v) is 11.9. The summed E-state index contributed by atoms with van der Waals surface area (Å²) in [7, 11) is 0. The van der Waals surface area contributed by atoms with Gasteiger partial charge in [0.05, 0.1) is 11.4 Å². The molecule has 2 aliphatic rings. The summed E-state index contributed by atoms with van der Waals surface area (Å²) in [6, 6.07) is 3.34. The number of alkyl halides is 3. The molecule has 1 unspecified atom stereocenters. The fourth-order valence-corrected chi connectivity index (χ4v) is 2.95. The molecular weight excluding hydrogens is 283 g/mol. The van der Waals surface area contributed by atoms with Crippen LogP contribution in [0, 0.1) is 0 Å². The Balaban J connectivity index is 2.04. The second-order valence-corrected chi connectivity index (χ2v) is 6.17. The van der Waals surface area contributed by atoms with Gasteiger partial charge in [-0.05, 0) is 17.7 Å². The minimum Gasteiger partial charge on any atom is -0.356 e. The highest BCUT2D eigenvalue weighted by atomic mass is 19.4. The van der Waals surface area contributed by atoms with Crippen LogP contribution in [0.4, 0.5) is 30.2 Å². The van der Waals surface area contributed by atoms with Crippen LogP contribution in [0.3, 0.4) is 0 Å². The summed E-state index contributed by atoms with van der Waals surface area (Å²) in [5.41, 5.74) is 2.08. The fourth-order valence-electron chi connectivity index (χ4n) is 2.95. The molecule has 2 heterocycles. The van der Waals surface area contributed by atoms with Gasteiger partial charge in [-0.3, -0.25) is 4.79 Å². The molecule has 0 saturated heterocycles. The molecular formula is C14H16F3N3O. The summed E-state index contributed by atoms with van der Waals surface area (Å²) in [4.78, 5) is 13.3. The van der Waals surface area contributed by atoms with E-state index < -0.39 is 12.3 Å². The number of nitrogens with one attached hydrogen (secondary N) is 2. The molecule has 1 aromatic rings. The standard InChI is InChI=1S/C14H16F3N3O/c1-7(21)20-6-13(2,3)8-4-9-10(5-11(8)20)19-12(18-9)14(15,16)17/h4-5,12,18-19H,6H2,1-3H3. The van der Waals surface area contributed by atoms with Gasteiger partial charge < -0.3 is 15.5 Å². The van der Waals surface area contributed by atoms with Crippen molar-refractivity contribution in [1.82, 2.24) is 0 Å². The molecule has 2 aliphatic heterocycles. The van der Waals surface area contributed by atoms with E-state index in [4.69, 9.17) is 0 Å². The highest BCUT2D eigenvalue weighted by Crippen LogP contribution is 2.47.